The van der Waals surface area contributed by atoms with Crippen molar-refractivity contribution in [2.75, 3.05) is 21.3 Å². The maximum absolute atomic E-state index is 11.1. The Morgan fingerprint density at radius 2 is 1.94 bits per heavy atom. The average Bonchev–Trinajstić information content (AvgIpc) is 2.29. The summed E-state index contributed by atoms with van der Waals surface area (Å²) in [5.74, 6) is -2.74. The third kappa shape index (κ3) is 2.93. The van der Waals surface area contributed by atoms with Gasteiger partial charge in [0.1, 0.15) is 7.11 Å². The van der Waals surface area contributed by atoms with Gasteiger partial charge in [0.2, 0.25) is 11.5 Å². The van der Waals surface area contributed by atoms with E-state index in [1.807, 2.05) is 6.92 Å². The predicted octanol–water partition coefficient (Wildman–Crippen LogP) is 1.24. The summed E-state index contributed by atoms with van der Waals surface area (Å²) in [4.78, 5) is 15.2. The van der Waals surface area contributed by atoms with E-state index in [-0.39, 0.29) is 10.5 Å². The molecular weight excluding hydrogens is 282 g/mol. The summed E-state index contributed by atoms with van der Waals surface area (Å²) in [6.07, 6.45) is 0.595. The molecule has 1 N–H and O–H groups in total. The Hall–Kier alpha value is -0.660. The summed E-state index contributed by atoms with van der Waals surface area (Å²) in [5, 5.41) is 12.5. The molecule has 0 aromatic rings. The van der Waals surface area contributed by atoms with Gasteiger partial charge in [0.15, 0.2) is 0 Å². The molecule has 0 bridgehead atoms. The molecule has 6 nitrogen and oxygen atoms in total. The number of carboxylic acids is 1. The topological polar surface area (TPSA) is 77.3 Å². The molecule has 94 valence electrons. The molecule has 0 aromatic heterocycles. The molecule has 0 aliphatic heterocycles. The molecule has 0 fully saturated rings. The molecule has 0 saturated heterocycles. The van der Waals surface area contributed by atoms with Crippen molar-refractivity contribution in [3.63, 3.8) is 0 Å². The van der Waals surface area contributed by atoms with E-state index in [1.54, 1.807) is 0 Å². The maximum atomic E-state index is 11.1. The monoisotopic (exact) mass is 297 g/mol. The maximum Gasteiger partial charge on any atom is 0.359 e. The minimum atomic E-state index is -1.48. The minimum absolute atomic E-state index is 0.344. The van der Waals surface area contributed by atoms with Crippen LogP contribution in [-0.4, -0.2) is 48.7 Å². The van der Waals surface area contributed by atoms with Gasteiger partial charge in [0.25, 0.3) is 0 Å². The highest BCUT2D eigenvalue weighted by molar-refractivity contribution is 9.09. The summed E-state index contributed by atoms with van der Waals surface area (Å²) in [7, 11) is 3.96. The van der Waals surface area contributed by atoms with E-state index in [2.05, 4.69) is 25.9 Å². The second kappa shape index (κ2) is 6.82. The van der Waals surface area contributed by atoms with Gasteiger partial charge in [-0.3, -0.25) is 0 Å². The largest absolute Gasteiger partial charge is 0.477 e. The lowest BCUT2D eigenvalue weighted by Crippen LogP contribution is -2.53. The third-order valence-electron chi connectivity index (χ3n) is 2.09. The zero-order valence-electron chi connectivity index (χ0n) is 9.69. The number of hydrogen-bond acceptors (Lipinski definition) is 5. The lowest BCUT2D eigenvalue weighted by Gasteiger charge is -2.33. The Morgan fingerprint density at radius 1 is 1.44 bits per heavy atom. The fraction of sp³-hybridized carbons (Fsp3) is 0.778. The van der Waals surface area contributed by atoms with E-state index in [0.717, 1.165) is 0 Å². The van der Waals surface area contributed by atoms with E-state index in [1.165, 1.54) is 21.3 Å². The van der Waals surface area contributed by atoms with Crippen LogP contribution < -0.4 is 0 Å². The molecule has 0 aromatic carbocycles. The van der Waals surface area contributed by atoms with Crippen molar-refractivity contribution < 1.29 is 24.2 Å². The molecule has 1 atom stereocenters. The molecule has 0 rings (SSSR count). The lowest BCUT2D eigenvalue weighted by atomic mass is 10.0. The Labute approximate surface area is 103 Å². The first kappa shape index (κ1) is 15.3. The van der Waals surface area contributed by atoms with Crippen LogP contribution in [-0.2, 0) is 19.1 Å². The number of alkyl halides is 1. The van der Waals surface area contributed by atoms with Crippen molar-refractivity contribution in [2.45, 2.75) is 24.0 Å². The van der Waals surface area contributed by atoms with Gasteiger partial charge in [-0.1, -0.05) is 28.0 Å². The number of rotatable bonds is 7. The number of halogens is 1. The number of methoxy groups -OCH3 is 2. The smallest absolute Gasteiger partial charge is 0.359 e. The second-order valence-corrected chi connectivity index (χ2v) is 3.98. The van der Waals surface area contributed by atoms with E-state index < -0.39 is 11.8 Å². The number of carbonyl (C=O) groups is 1. The van der Waals surface area contributed by atoms with Crippen LogP contribution in [0.4, 0.5) is 0 Å². The average molecular weight is 298 g/mol. The number of carboxylic acid groups (broad SMARTS) is 1. The first-order valence-corrected chi connectivity index (χ1v) is 5.50. The summed E-state index contributed by atoms with van der Waals surface area (Å²) >= 11 is 3.31. The molecule has 0 radical (unpaired) electrons. The molecule has 16 heavy (non-hydrogen) atoms. The summed E-state index contributed by atoms with van der Waals surface area (Å²) in [6, 6.07) is 0. The highest BCUT2D eigenvalue weighted by atomic mass is 79.9. The summed E-state index contributed by atoms with van der Waals surface area (Å²) in [6.45, 7) is 1.86. The van der Waals surface area contributed by atoms with Crippen LogP contribution in [0.2, 0.25) is 0 Å². The molecule has 1 unspecified atom stereocenters. The van der Waals surface area contributed by atoms with Crippen molar-refractivity contribution in [3.8, 4) is 0 Å². The zero-order chi connectivity index (χ0) is 12.8. The van der Waals surface area contributed by atoms with E-state index in [4.69, 9.17) is 14.6 Å². The SMILES string of the molecule is CCC(Br)C(OC)(OC)C(=NOC)C(=O)O. The predicted molar refractivity (Wildman–Crippen MR) is 61.8 cm³/mol. The van der Waals surface area contributed by atoms with Crippen LogP contribution in [0.15, 0.2) is 5.16 Å². The Morgan fingerprint density at radius 3 is 2.19 bits per heavy atom. The van der Waals surface area contributed by atoms with Crippen LogP contribution in [0.1, 0.15) is 13.3 Å². The first-order chi connectivity index (χ1) is 7.49. The van der Waals surface area contributed by atoms with Crippen LogP contribution in [0.3, 0.4) is 0 Å². The summed E-state index contributed by atoms with van der Waals surface area (Å²) < 4.78 is 10.3. The highest BCUT2D eigenvalue weighted by Gasteiger charge is 2.47. The number of hydrogen-bond donors (Lipinski definition) is 1. The van der Waals surface area contributed by atoms with Gasteiger partial charge < -0.3 is 19.4 Å². The number of oxime groups is 1. The fourth-order valence-electron chi connectivity index (χ4n) is 1.29. The highest BCUT2D eigenvalue weighted by Crippen LogP contribution is 2.28. The van der Waals surface area contributed by atoms with Gasteiger partial charge in [-0.25, -0.2) is 4.79 Å². The molecular formula is C9H16BrNO5. The molecule has 0 aliphatic carbocycles. The molecule has 0 amide bonds. The van der Waals surface area contributed by atoms with Crippen molar-refractivity contribution in [2.24, 2.45) is 5.16 Å². The Balaban J connectivity index is 5.45. The van der Waals surface area contributed by atoms with E-state index >= 15 is 0 Å². The van der Waals surface area contributed by atoms with Crippen molar-refractivity contribution in [1.29, 1.82) is 0 Å². The molecule has 0 heterocycles. The first-order valence-electron chi connectivity index (χ1n) is 4.59. The quantitative estimate of drug-likeness (QED) is 0.331. The molecule has 0 spiro atoms. The normalized spacial score (nSPS) is 14.7. The van der Waals surface area contributed by atoms with Crippen molar-refractivity contribution in [3.05, 3.63) is 0 Å². The van der Waals surface area contributed by atoms with Gasteiger partial charge in [0, 0.05) is 14.2 Å². The van der Waals surface area contributed by atoms with E-state index in [9.17, 15) is 4.79 Å². The van der Waals surface area contributed by atoms with Crippen molar-refractivity contribution >= 4 is 27.6 Å². The minimum Gasteiger partial charge on any atom is -0.477 e. The van der Waals surface area contributed by atoms with Gasteiger partial charge >= 0.3 is 5.97 Å². The van der Waals surface area contributed by atoms with Gasteiger partial charge in [-0.15, -0.1) is 0 Å². The Bertz CT molecular complexity index is 265. The van der Waals surface area contributed by atoms with Gasteiger partial charge in [-0.2, -0.15) is 0 Å². The molecule has 7 heteroatoms. The number of ether oxygens (including phenoxy) is 2. The molecule has 0 aliphatic rings. The number of nitrogens with zero attached hydrogens (tertiary/aromatic N) is 1. The second-order valence-electron chi connectivity index (χ2n) is 2.88. The zero-order valence-corrected chi connectivity index (χ0v) is 11.3. The van der Waals surface area contributed by atoms with Gasteiger partial charge in [-0.05, 0) is 6.42 Å². The van der Waals surface area contributed by atoms with Crippen LogP contribution in [0.25, 0.3) is 0 Å². The van der Waals surface area contributed by atoms with E-state index in [0.29, 0.717) is 6.42 Å². The van der Waals surface area contributed by atoms with Crippen molar-refractivity contribution in [1.82, 2.24) is 0 Å². The van der Waals surface area contributed by atoms with Gasteiger partial charge in [0.05, 0.1) is 4.83 Å². The molecule has 0 saturated carbocycles. The van der Waals surface area contributed by atoms with Crippen LogP contribution >= 0.6 is 15.9 Å². The van der Waals surface area contributed by atoms with Crippen LogP contribution in [0, 0.1) is 0 Å². The number of aliphatic carboxylic acids is 1. The third-order valence-corrected chi connectivity index (χ3v) is 3.34. The van der Waals surface area contributed by atoms with Crippen LogP contribution in [0.5, 0.6) is 0 Å². The standard InChI is InChI=1S/C9H16BrNO5/c1-5-6(10)9(14-2,15-3)7(8(12)13)11-16-4/h6H,5H2,1-4H3,(H,12,13). The fourth-order valence-corrected chi connectivity index (χ4v) is 1.88. The Kier molecular flexibility index (Phi) is 6.54. The lowest BCUT2D eigenvalue weighted by molar-refractivity contribution is -0.161. The summed E-state index contributed by atoms with van der Waals surface area (Å²) in [5.41, 5.74) is -0.344.